The van der Waals surface area contributed by atoms with Crippen molar-refractivity contribution in [3.05, 3.63) is 48.0 Å². The molecule has 6 nitrogen and oxygen atoms in total. The van der Waals surface area contributed by atoms with Crippen molar-refractivity contribution in [2.75, 3.05) is 60.8 Å². The molecule has 28 heavy (non-hydrogen) atoms. The number of fused-ring (bicyclic) bond motifs is 1. The van der Waals surface area contributed by atoms with E-state index in [1.165, 1.54) is 5.56 Å². The van der Waals surface area contributed by atoms with E-state index in [4.69, 9.17) is 0 Å². The topological polar surface area (TPSA) is 55.9 Å². The van der Waals surface area contributed by atoms with Gasteiger partial charge in [0.15, 0.2) is 0 Å². The number of hydrogen-bond acceptors (Lipinski definition) is 5. The van der Waals surface area contributed by atoms with Crippen molar-refractivity contribution < 1.29 is 8.42 Å². The van der Waals surface area contributed by atoms with Crippen LogP contribution < -0.4 is 14.5 Å². The Morgan fingerprint density at radius 3 is 2.46 bits per heavy atom. The number of piperazine rings is 1. The van der Waals surface area contributed by atoms with Crippen molar-refractivity contribution in [2.24, 2.45) is 0 Å². The number of nitrogens with zero attached hydrogens (tertiary/aromatic N) is 3. The van der Waals surface area contributed by atoms with Gasteiger partial charge < -0.3 is 14.7 Å². The summed E-state index contributed by atoms with van der Waals surface area (Å²) in [5.41, 5.74) is 3.80. The molecule has 4 rings (SSSR count). The Kier molecular flexibility index (Phi) is 5.21. The molecule has 2 aliphatic heterocycles. The van der Waals surface area contributed by atoms with Gasteiger partial charge >= 0.3 is 0 Å². The molecule has 0 amide bonds. The molecule has 1 fully saturated rings. The molecule has 1 N–H and O–H groups in total. The second-order valence-electron chi connectivity index (χ2n) is 7.51. The third-order valence-corrected chi connectivity index (χ3v) is 7.17. The number of nitrogens with one attached hydrogen (secondary N) is 1. The summed E-state index contributed by atoms with van der Waals surface area (Å²) >= 11 is 0. The average Bonchev–Trinajstić information content (AvgIpc) is 3.09. The lowest BCUT2D eigenvalue weighted by Gasteiger charge is -2.36. The smallest absolute Gasteiger partial charge is 0.262 e. The first-order chi connectivity index (χ1) is 13.5. The Bertz CT molecular complexity index is 953. The van der Waals surface area contributed by atoms with Crippen molar-refractivity contribution in [3.8, 4) is 0 Å². The van der Waals surface area contributed by atoms with Gasteiger partial charge in [0, 0.05) is 45.5 Å². The van der Waals surface area contributed by atoms with Crippen molar-refractivity contribution in [2.45, 2.75) is 18.2 Å². The minimum atomic E-state index is -3.65. The van der Waals surface area contributed by atoms with Crippen LogP contribution in [-0.4, -0.2) is 59.6 Å². The molecule has 0 aromatic heterocycles. The Morgan fingerprint density at radius 1 is 0.964 bits per heavy atom. The lowest BCUT2D eigenvalue weighted by Crippen LogP contribution is -2.46. The zero-order valence-electron chi connectivity index (χ0n) is 16.6. The Morgan fingerprint density at radius 2 is 1.71 bits per heavy atom. The van der Waals surface area contributed by atoms with Crippen molar-refractivity contribution in [1.82, 2.24) is 4.90 Å². The summed E-state index contributed by atoms with van der Waals surface area (Å²) in [5.74, 6) is 0. The predicted octanol–water partition coefficient (Wildman–Crippen LogP) is 2.62. The summed E-state index contributed by atoms with van der Waals surface area (Å²) in [4.78, 5) is 7.09. The van der Waals surface area contributed by atoms with Gasteiger partial charge in [-0.2, -0.15) is 0 Å². The molecule has 2 heterocycles. The molecule has 0 radical (unpaired) electrons. The summed E-state index contributed by atoms with van der Waals surface area (Å²) in [6, 6.07) is 13.1. The Hall–Kier alpha value is -2.25. The van der Waals surface area contributed by atoms with Crippen LogP contribution in [0.3, 0.4) is 0 Å². The van der Waals surface area contributed by atoms with Crippen molar-refractivity contribution in [3.63, 3.8) is 0 Å². The maximum atomic E-state index is 13.1. The summed E-state index contributed by atoms with van der Waals surface area (Å²) in [6.07, 6.45) is 0.964. The Balaban J connectivity index is 1.58. The van der Waals surface area contributed by atoms with E-state index in [2.05, 4.69) is 26.3 Å². The van der Waals surface area contributed by atoms with Crippen LogP contribution in [-0.2, 0) is 16.4 Å². The van der Waals surface area contributed by atoms with Gasteiger partial charge in [0.2, 0.25) is 0 Å². The monoisotopic (exact) mass is 400 g/mol. The normalized spacial score (nSPS) is 17.6. The Labute approximate surface area is 167 Å². The number of likely N-dealkylation sites (N-methyl/N-ethyl adjacent to an activating group) is 2. The number of para-hydroxylation sites is 2. The molecule has 2 aliphatic rings. The molecule has 2 aromatic rings. The first-order valence-corrected chi connectivity index (χ1v) is 11.4. The van der Waals surface area contributed by atoms with E-state index in [0.717, 1.165) is 57.1 Å². The van der Waals surface area contributed by atoms with Gasteiger partial charge in [-0.05, 0) is 42.8 Å². The molecule has 0 unspecified atom stereocenters. The molecule has 0 atom stereocenters. The molecule has 0 aliphatic carbocycles. The van der Waals surface area contributed by atoms with Crippen LogP contribution in [0, 0.1) is 0 Å². The molecule has 7 heteroatoms. The van der Waals surface area contributed by atoms with E-state index >= 15 is 0 Å². The minimum Gasteiger partial charge on any atom is -0.374 e. The minimum absolute atomic E-state index is 0.311. The quantitative estimate of drug-likeness (QED) is 0.836. The summed E-state index contributed by atoms with van der Waals surface area (Å²) < 4.78 is 29.0. The van der Waals surface area contributed by atoms with Gasteiger partial charge in [0.25, 0.3) is 10.0 Å². The molecule has 1 saturated heterocycles. The summed E-state index contributed by atoms with van der Waals surface area (Å²) in [5, 5.41) is 0. The predicted molar refractivity (Wildman–Crippen MR) is 115 cm³/mol. The van der Waals surface area contributed by atoms with E-state index in [9.17, 15) is 8.42 Å². The highest BCUT2D eigenvalue weighted by atomic mass is 32.2. The van der Waals surface area contributed by atoms with Crippen LogP contribution in [0.4, 0.5) is 17.1 Å². The standard InChI is InChI=1S/C21H28N4O2S/c1-3-24-12-14-25(15-13-24)20-7-5-4-6-19(20)22-28(26,27)18-9-8-17-10-11-23(2)21(17)16-18/h4-9,16,22H,3,10-15H2,1-2H3. The largest absolute Gasteiger partial charge is 0.374 e. The molecule has 0 saturated carbocycles. The van der Waals surface area contributed by atoms with E-state index in [0.29, 0.717) is 10.6 Å². The van der Waals surface area contributed by atoms with E-state index in [1.54, 1.807) is 12.1 Å². The van der Waals surface area contributed by atoms with Gasteiger partial charge in [-0.15, -0.1) is 0 Å². The van der Waals surface area contributed by atoms with Crippen LogP contribution in [0.2, 0.25) is 0 Å². The molecule has 2 aromatic carbocycles. The highest BCUT2D eigenvalue weighted by Crippen LogP contribution is 2.32. The highest BCUT2D eigenvalue weighted by Gasteiger charge is 2.23. The fourth-order valence-electron chi connectivity index (χ4n) is 4.03. The SMILES string of the molecule is CCN1CCN(c2ccccc2NS(=O)(=O)c2ccc3c(c2)N(C)CC3)CC1. The van der Waals surface area contributed by atoms with Crippen molar-refractivity contribution >= 4 is 27.1 Å². The molecular formula is C21H28N4O2S. The summed E-state index contributed by atoms with van der Waals surface area (Å²) in [6.45, 7) is 7.94. The van der Waals surface area contributed by atoms with Gasteiger partial charge in [-0.1, -0.05) is 25.1 Å². The first kappa shape index (κ1) is 19.1. The average molecular weight is 401 g/mol. The molecule has 0 bridgehead atoms. The van der Waals surface area contributed by atoms with E-state index in [1.807, 2.05) is 37.4 Å². The third kappa shape index (κ3) is 3.69. The second-order valence-corrected chi connectivity index (χ2v) is 9.19. The highest BCUT2D eigenvalue weighted by molar-refractivity contribution is 7.92. The maximum absolute atomic E-state index is 13.1. The second kappa shape index (κ2) is 7.64. The van der Waals surface area contributed by atoms with Crippen LogP contribution in [0.15, 0.2) is 47.4 Å². The van der Waals surface area contributed by atoms with E-state index < -0.39 is 10.0 Å². The van der Waals surface area contributed by atoms with Gasteiger partial charge in [-0.3, -0.25) is 4.72 Å². The number of benzene rings is 2. The van der Waals surface area contributed by atoms with E-state index in [-0.39, 0.29) is 0 Å². The summed E-state index contributed by atoms with van der Waals surface area (Å²) in [7, 11) is -1.65. The van der Waals surface area contributed by atoms with Gasteiger partial charge in [-0.25, -0.2) is 8.42 Å². The first-order valence-electron chi connectivity index (χ1n) is 9.91. The zero-order chi connectivity index (χ0) is 19.7. The van der Waals surface area contributed by atoms with Gasteiger partial charge in [0.05, 0.1) is 16.3 Å². The lowest BCUT2D eigenvalue weighted by atomic mass is 10.2. The third-order valence-electron chi connectivity index (χ3n) is 5.80. The molecule has 150 valence electrons. The molecular weight excluding hydrogens is 372 g/mol. The zero-order valence-corrected chi connectivity index (χ0v) is 17.4. The van der Waals surface area contributed by atoms with Crippen LogP contribution in [0.5, 0.6) is 0 Å². The molecule has 0 spiro atoms. The number of anilines is 3. The van der Waals surface area contributed by atoms with Gasteiger partial charge in [0.1, 0.15) is 0 Å². The van der Waals surface area contributed by atoms with Crippen molar-refractivity contribution in [1.29, 1.82) is 0 Å². The number of sulfonamides is 1. The fourth-order valence-corrected chi connectivity index (χ4v) is 5.12. The van der Waals surface area contributed by atoms with Crippen LogP contribution in [0.1, 0.15) is 12.5 Å². The van der Waals surface area contributed by atoms with Crippen LogP contribution >= 0.6 is 0 Å². The lowest BCUT2D eigenvalue weighted by molar-refractivity contribution is 0.271. The number of hydrogen-bond donors (Lipinski definition) is 1. The fraction of sp³-hybridized carbons (Fsp3) is 0.429. The van der Waals surface area contributed by atoms with Crippen LogP contribution in [0.25, 0.3) is 0 Å². The number of rotatable bonds is 5. The maximum Gasteiger partial charge on any atom is 0.262 e.